The van der Waals surface area contributed by atoms with Gasteiger partial charge in [-0.15, -0.1) is 0 Å². The summed E-state index contributed by atoms with van der Waals surface area (Å²) < 4.78 is 0. The summed E-state index contributed by atoms with van der Waals surface area (Å²) in [5, 5.41) is 3.40. The molecule has 2 rings (SSSR count). The second-order valence-corrected chi connectivity index (χ2v) is 5.63. The van der Waals surface area contributed by atoms with Gasteiger partial charge in [0.05, 0.1) is 0 Å². The van der Waals surface area contributed by atoms with Gasteiger partial charge in [-0.1, -0.05) is 20.3 Å². The van der Waals surface area contributed by atoms with E-state index in [9.17, 15) is 0 Å². The van der Waals surface area contributed by atoms with Crippen molar-refractivity contribution in [3.8, 4) is 0 Å². The lowest BCUT2D eigenvalue weighted by Gasteiger charge is -2.32. The summed E-state index contributed by atoms with van der Waals surface area (Å²) in [4.78, 5) is 11.5. The third kappa shape index (κ3) is 4.08. The van der Waals surface area contributed by atoms with Crippen LogP contribution in [0, 0.1) is 12.8 Å². The molecule has 1 aliphatic rings. The molecule has 4 heteroatoms. The Balaban J connectivity index is 2.07. The molecule has 1 fully saturated rings. The van der Waals surface area contributed by atoms with Crippen molar-refractivity contribution in [2.24, 2.45) is 5.92 Å². The van der Waals surface area contributed by atoms with Crippen LogP contribution in [0.25, 0.3) is 0 Å². The lowest BCUT2D eigenvalue weighted by molar-refractivity contribution is 0.444. The highest BCUT2D eigenvalue weighted by molar-refractivity contribution is 5.49. The van der Waals surface area contributed by atoms with Crippen molar-refractivity contribution in [1.82, 2.24) is 9.97 Å². The monoisotopic (exact) mass is 262 g/mol. The summed E-state index contributed by atoms with van der Waals surface area (Å²) in [6, 6.07) is 2.10. The van der Waals surface area contributed by atoms with Crippen LogP contribution in [0.15, 0.2) is 6.07 Å². The number of aryl methyl sites for hydroxylation is 1. The molecule has 1 saturated heterocycles. The minimum atomic E-state index is 0.764. The molecule has 0 aromatic carbocycles. The van der Waals surface area contributed by atoms with Crippen molar-refractivity contribution in [1.29, 1.82) is 0 Å². The number of hydrogen-bond donors (Lipinski definition) is 1. The Morgan fingerprint density at radius 3 is 3.00 bits per heavy atom. The average Bonchev–Trinajstić information content (AvgIpc) is 2.38. The number of nitrogens with zero attached hydrogens (tertiary/aromatic N) is 3. The molecule has 4 nitrogen and oxygen atoms in total. The summed E-state index contributed by atoms with van der Waals surface area (Å²) in [6.45, 7) is 9.72. The van der Waals surface area contributed by atoms with Crippen LogP contribution in [0.3, 0.4) is 0 Å². The minimum absolute atomic E-state index is 0.764. The van der Waals surface area contributed by atoms with Crippen LogP contribution < -0.4 is 10.2 Å². The van der Waals surface area contributed by atoms with Gasteiger partial charge in [-0.3, -0.25) is 0 Å². The molecular weight excluding hydrogens is 236 g/mol. The molecule has 106 valence electrons. The standard InChI is InChI=1S/C15H26N4/c1-4-5-8-16-14-10-15(18-13(3)17-14)19-9-6-7-12(2)11-19/h10,12H,4-9,11H2,1-3H3,(H,16,17,18). The maximum absolute atomic E-state index is 4.60. The highest BCUT2D eigenvalue weighted by Gasteiger charge is 2.18. The van der Waals surface area contributed by atoms with Crippen LogP contribution in [-0.2, 0) is 0 Å². The molecule has 19 heavy (non-hydrogen) atoms. The highest BCUT2D eigenvalue weighted by atomic mass is 15.2. The molecule has 0 spiro atoms. The predicted molar refractivity (Wildman–Crippen MR) is 80.8 cm³/mol. The molecule has 1 aromatic rings. The average molecular weight is 262 g/mol. The number of nitrogens with one attached hydrogen (secondary N) is 1. The molecule has 1 aliphatic heterocycles. The van der Waals surface area contributed by atoms with Crippen LogP contribution in [0.5, 0.6) is 0 Å². The smallest absolute Gasteiger partial charge is 0.134 e. The second kappa shape index (κ2) is 6.73. The second-order valence-electron chi connectivity index (χ2n) is 5.63. The number of unbranched alkanes of at least 4 members (excludes halogenated alkanes) is 1. The fourth-order valence-electron chi connectivity index (χ4n) is 2.60. The van der Waals surface area contributed by atoms with Crippen LogP contribution in [0.2, 0.25) is 0 Å². The van der Waals surface area contributed by atoms with Gasteiger partial charge in [0.1, 0.15) is 17.5 Å². The van der Waals surface area contributed by atoms with E-state index >= 15 is 0 Å². The Morgan fingerprint density at radius 1 is 1.42 bits per heavy atom. The van der Waals surface area contributed by atoms with Crippen molar-refractivity contribution in [3.63, 3.8) is 0 Å². The first-order valence-corrected chi connectivity index (χ1v) is 7.53. The summed E-state index contributed by atoms with van der Waals surface area (Å²) in [5.74, 6) is 3.67. The molecule has 0 radical (unpaired) electrons. The fraction of sp³-hybridized carbons (Fsp3) is 0.733. The van der Waals surface area contributed by atoms with E-state index in [1.54, 1.807) is 0 Å². The van der Waals surface area contributed by atoms with Crippen LogP contribution in [-0.4, -0.2) is 29.6 Å². The largest absolute Gasteiger partial charge is 0.370 e. The van der Waals surface area contributed by atoms with E-state index in [1.807, 2.05) is 6.92 Å². The lowest BCUT2D eigenvalue weighted by atomic mass is 10.0. The Labute approximate surface area is 116 Å². The summed E-state index contributed by atoms with van der Waals surface area (Å²) in [7, 11) is 0. The van der Waals surface area contributed by atoms with Crippen molar-refractivity contribution >= 4 is 11.6 Å². The molecule has 1 unspecified atom stereocenters. The first kappa shape index (κ1) is 14.1. The molecule has 0 bridgehead atoms. The third-order valence-electron chi connectivity index (χ3n) is 3.64. The number of anilines is 2. The van der Waals surface area contributed by atoms with Gasteiger partial charge in [-0.05, 0) is 32.1 Å². The molecule has 2 heterocycles. The Hall–Kier alpha value is -1.32. The SMILES string of the molecule is CCCCNc1cc(N2CCCC(C)C2)nc(C)n1. The first-order chi connectivity index (χ1) is 9.19. The van der Waals surface area contributed by atoms with E-state index in [4.69, 9.17) is 0 Å². The molecular formula is C15H26N4. The van der Waals surface area contributed by atoms with Crippen molar-refractivity contribution < 1.29 is 0 Å². The van der Waals surface area contributed by atoms with Gasteiger partial charge in [0, 0.05) is 25.7 Å². The van der Waals surface area contributed by atoms with E-state index in [0.717, 1.165) is 43.0 Å². The Bertz CT molecular complexity index is 405. The summed E-state index contributed by atoms with van der Waals surface area (Å²) >= 11 is 0. The molecule has 0 aliphatic carbocycles. The zero-order valence-electron chi connectivity index (χ0n) is 12.4. The quantitative estimate of drug-likeness (QED) is 0.827. The Kier molecular flexibility index (Phi) is 5.00. The maximum atomic E-state index is 4.60. The highest BCUT2D eigenvalue weighted by Crippen LogP contribution is 2.23. The molecule has 0 amide bonds. The molecule has 1 atom stereocenters. The van der Waals surface area contributed by atoms with E-state index in [0.29, 0.717) is 0 Å². The van der Waals surface area contributed by atoms with E-state index in [2.05, 4.69) is 40.1 Å². The zero-order valence-corrected chi connectivity index (χ0v) is 12.4. The van der Waals surface area contributed by atoms with E-state index in [1.165, 1.54) is 25.7 Å². The van der Waals surface area contributed by atoms with Gasteiger partial charge in [-0.2, -0.15) is 0 Å². The zero-order chi connectivity index (χ0) is 13.7. The van der Waals surface area contributed by atoms with Crippen molar-refractivity contribution in [2.75, 3.05) is 29.9 Å². The lowest BCUT2D eigenvalue weighted by Crippen LogP contribution is -2.35. The van der Waals surface area contributed by atoms with Crippen LogP contribution >= 0.6 is 0 Å². The van der Waals surface area contributed by atoms with Gasteiger partial charge in [0.2, 0.25) is 0 Å². The first-order valence-electron chi connectivity index (χ1n) is 7.53. The van der Waals surface area contributed by atoms with E-state index in [-0.39, 0.29) is 0 Å². The topological polar surface area (TPSA) is 41.0 Å². The Morgan fingerprint density at radius 2 is 2.26 bits per heavy atom. The number of aromatic nitrogens is 2. The normalized spacial score (nSPS) is 19.5. The molecule has 1 aromatic heterocycles. The molecule has 0 saturated carbocycles. The van der Waals surface area contributed by atoms with Crippen LogP contribution in [0.4, 0.5) is 11.6 Å². The third-order valence-corrected chi connectivity index (χ3v) is 3.64. The van der Waals surface area contributed by atoms with Gasteiger partial charge in [0.15, 0.2) is 0 Å². The van der Waals surface area contributed by atoms with Gasteiger partial charge < -0.3 is 10.2 Å². The van der Waals surface area contributed by atoms with Crippen molar-refractivity contribution in [2.45, 2.75) is 46.5 Å². The van der Waals surface area contributed by atoms with Crippen LogP contribution in [0.1, 0.15) is 45.4 Å². The predicted octanol–water partition coefficient (Wildman–Crippen LogP) is 3.23. The maximum Gasteiger partial charge on any atom is 0.134 e. The number of rotatable bonds is 5. The van der Waals surface area contributed by atoms with E-state index < -0.39 is 0 Å². The van der Waals surface area contributed by atoms with Gasteiger partial charge >= 0.3 is 0 Å². The van der Waals surface area contributed by atoms with Gasteiger partial charge in [-0.25, -0.2) is 9.97 Å². The summed E-state index contributed by atoms with van der Waals surface area (Å²) in [6.07, 6.45) is 4.98. The number of hydrogen-bond acceptors (Lipinski definition) is 4. The fourth-order valence-corrected chi connectivity index (χ4v) is 2.60. The molecule has 1 N–H and O–H groups in total. The minimum Gasteiger partial charge on any atom is -0.370 e. The summed E-state index contributed by atoms with van der Waals surface area (Å²) in [5.41, 5.74) is 0. The van der Waals surface area contributed by atoms with Gasteiger partial charge in [0.25, 0.3) is 0 Å². The number of piperidine rings is 1. The van der Waals surface area contributed by atoms with Crippen molar-refractivity contribution in [3.05, 3.63) is 11.9 Å².